The minimum atomic E-state index is -1.57. The van der Waals surface area contributed by atoms with Crippen LogP contribution in [0, 0.1) is 0 Å². The molecule has 50 heavy (non-hydrogen) atoms. The van der Waals surface area contributed by atoms with E-state index in [1.807, 2.05) is 6.08 Å². The van der Waals surface area contributed by atoms with Gasteiger partial charge in [0.25, 0.3) is 0 Å². The predicted octanol–water partition coefficient (Wildman–Crippen LogP) is 7.33. The maximum atomic E-state index is 12.9. The summed E-state index contributed by atoms with van der Waals surface area (Å²) in [6.07, 6.45) is 30.4. The van der Waals surface area contributed by atoms with Crippen molar-refractivity contribution in [3.63, 3.8) is 0 Å². The maximum Gasteiger partial charge on any atom is 0.220 e. The van der Waals surface area contributed by atoms with E-state index in [1.54, 1.807) is 6.08 Å². The van der Waals surface area contributed by atoms with Gasteiger partial charge in [-0.05, 0) is 44.9 Å². The molecule has 0 aromatic heterocycles. The summed E-state index contributed by atoms with van der Waals surface area (Å²) in [7, 11) is 0. The van der Waals surface area contributed by atoms with E-state index >= 15 is 0 Å². The van der Waals surface area contributed by atoms with E-state index in [-0.39, 0.29) is 12.5 Å². The number of carbonyl (C=O) groups excluding carboxylic acids is 1. The van der Waals surface area contributed by atoms with E-state index in [9.17, 15) is 30.3 Å². The van der Waals surface area contributed by atoms with Gasteiger partial charge in [0.2, 0.25) is 5.91 Å². The zero-order chi connectivity index (χ0) is 36.7. The van der Waals surface area contributed by atoms with Crippen LogP contribution in [-0.4, -0.2) is 87.5 Å². The van der Waals surface area contributed by atoms with Crippen molar-refractivity contribution in [2.24, 2.45) is 0 Å². The lowest BCUT2D eigenvalue weighted by Gasteiger charge is -2.40. The van der Waals surface area contributed by atoms with E-state index < -0.39 is 49.5 Å². The van der Waals surface area contributed by atoms with Crippen LogP contribution in [-0.2, 0) is 14.3 Å². The first-order valence-corrected chi connectivity index (χ1v) is 20.2. The molecule has 6 N–H and O–H groups in total. The molecule has 7 unspecified atom stereocenters. The van der Waals surface area contributed by atoms with Gasteiger partial charge in [-0.2, -0.15) is 0 Å². The van der Waals surface area contributed by atoms with Crippen LogP contribution >= 0.6 is 0 Å². The fraction of sp³-hybridized carbons (Fsp3) is 0.829. The molecule has 292 valence electrons. The van der Waals surface area contributed by atoms with Gasteiger partial charge >= 0.3 is 0 Å². The molecule has 0 aliphatic carbocycles. The molecule has 1 fully saturated rings. The maximum absolute atomic E-state index is 12.9. The van der Waals surface area contributed by atoms with Crippen molar-refractivity contribution < 1.29 is 39.8 Å². The Hall–Kier alpha value is -1.59. The van der Waals surface area contributed by atoms with Crippen LogP contribution in [0.3, 0.4) is 0 Å². The molecule has 1 saturated heterocycles. The molecule has 0 radical (unpaired) electrons. The average molecular weight is 710 g/mol. The molecule has 0 aromatic carbocycles. The lowest BCUT2D eigenvalue weighted by atomic mass is 9.99. The lowest BCUT2D eigenvalue weighted by molar-refractivity contribution is -0.302. The predicted molar refractivity (Wildman–Crippen MR) is 203 cm³/mol. The van der Waals surface area contributed by atoms with Gasteiger partial charge in [-0.3, -0.25) is 4.79 Å². The van der Waals surface area contributed by atoms with Crippen molar-refractivity contribution >= 4 is 5.91 Å². The normalized spacial score (nSPS) is 22.6. The Morgan fingerprint density at radius 2 is 1.14 bits per heavy atom. The van der Waals surface area contributed by atoms with Crippen LogP contribution in [0.25, 0.3) is 0 Å². The molecule has 9 nitrogen and oxygen atoms in total. The number of hydrogen-bond donors (Lipinski definition) is 6. The zero-order valence-corrected chi connectivity index (χ0v) is 31.6. The second kappa shape index (κ2) is 32.1. The number of unbranched alkanes of at least 4 members (excludes halogenated alkanes) is 18. The van der Waals surface area contributed by atoms with E-state index in [1.165, 1.54) is 89.9 Å². The van der Waals surface area contributed by atoms with Gasteiger partial charge in [-0.15, -0.1) is 0 Å². The Kier molecular flexibility index (Phi) is 29.8. The Morgan fingerprint density at radius 1 is 0.660 bits per heavy atom. The Labute approximate surface area is 304 Å². The standard InChI is InChI=1S/C41H75NO8/c1-3-5-7-9-11-13-15-17-18-19-20-22-24-26-28-30-35(44)34(33-49-41-40(48)39(47)38(46)36(32-43)50-41)42-37(45)31-29-27-25-23-21-16-14-12-10-8-6-4-2/h15,17,20,22,28,30,34-36,38-41,43-44,46-48H,3-14,16,18-19,21,23-27,29,31-33H2,1-2H3,(H,42,45)/b17-15+,22-20+,30-28+. The molecular weight excluding hydrogens is 634 g/mol. The van der Waals surface area contributed by atoms with Crippen molar-refractivity contribution in [1.82, 2.24) is 5.32 Å². The highest BCUT2D eigenvalue weighted by Gasteiger charge is 2.44. The van der Waals surface area contributed by atoms with Crippen molar-refractivity contribution in [2.45, 2.75) is 204 Å². The molecule has 1 aliphatic heterocycles. The highest BCUT2D eigenvalue weighted by atomic mass is 16.7. The van der Waals surface area contributed by atoms with Crippen LogP contribution in [0.15, 0.2) is 36.5 Å². The number of aliphatic hydroxyl groups excluding tert-OH is 5. The monoisotopic (exact) mass is 710 g/mol. The summed E-state index contributed by atoms with van der Waals surface area (Å²) in [5.41, 5.74) is 0. The van der Waals surface area contributed by atoms with Crippen LogP contribution in [0.5, 0.6) is 0 Å². The SMILES string of the molecule is CCCCCCC/C=C/CC/C=C/CC/C=C/C(O)C(COC1OC(CO)C(O)C(O)C1O)NC(=O)CCCCCCCCCCCCCC. The highest BCUT2D eigenvalue weighted by molar-refractivity contribution is 5.76. The number of allylic oxidation sites excluding steroid dienone is 5. The highest BCUT2D eigenvalue weighted by Crippen LogP contribution is 2.22. The van der Waals surface area contributed by atoms with Crippen LogP contribution < -0.4 is 5.32 Å². The van der Waals surface area contributed by atoms with Gasteiger partial charge in [0.15, 0.2) is 6.29 Å². The van der Waals surface area contributed by atoms with Crippen LogP contribution in [0.2, 0.25) is 0 Å². The summed E-state index contributed by atoms with van der Waals surface area (Å²) in [6, 6.07) is -0.822. The van der Waals surface area contributed by atoms with Crippen LogP contribution in [0.1, 0.15) is 162 Å². The summed E-state index contributed by atoms with van der Waals surface area (Å²) >= 11 is 0. The third-order valence-electron chi connectivity index (χ3n) is 9.45. The molecule has 1 aliphatic rings. The number of amides is 1. The van der Waals surface area contributed by atoms with Gasteiger partial charge < -0.3 is 40.3 Å². The molecule has 7 atom stereocenters. The lowest BCUT2D eigenvalue weighted by Crippen LogP contribution is -2.60. The molecule has 0 bridgehead atoms. The van der Waals surface area contributed by atoms with E-state index in [0.29, 0.717) is 6.42 Å². The van der Waals surface area contributed by atoms with Gasteiger partial charge in [-0.25, -0.2) is 0 Å². The zero-order valence-electron chi connectivity index (χ0n) is 31.6. The number of carbonyl (C=O) groups is 1. The second-order valence-corrected chi connectivity index (χ2v) is 14.1. The summed E-state index contributed by atoms with van der Waals surface area (Å²) < 4.78 is 11.1. The first kappa shape index (κ1) is 46.4. The number of nitrogens with one attached hydrogen (secondary N) is 1. The van der Waals surface area contributed by atoms with Crippen molar-refractivity contribution in [2.75, 3.05) is 13.2 Å². The summed E-state index contributed by atoms with van der Waals surface area (Å²) in [5, 5.41) is 53.9. The van der Waals surface area contributed by atoms with Crippen molar-refractivity contribution in [3.05, 3.63) is 36.5 Å². The van der Waals surface area contributed by atoms with E-state index in [2.05, 4.69) is 43.5 Å². The Morgan fingerprint density at radius 3 is 1.68 bits per heavy atom. The second-order valence-electron chi connectivity index (χ2n) is 14.1. The van der Waals surface area contributed by atoms with Crippen molar-refractivity contribution in [1.29, 1.82) is 0 Å². The number of ether oxygens (including phenoxy) is 2. The fourth-order valence-corrected chi connectivity index (χ4v) is 6.13. The molecule has 1 rings (SSSR count). The molecule has 9 heteroatoms. The summed E-state index contributed by atoms with van der Waals surface area (Å²) in [5.74, 6) is -0.194. The van der Waals surface area contributed by atoms with Gasteiger partial charge in [0.1, 0.15) is 24.4 Å². The third-order valence-corrected chi connectivity index (χ3v) is 9.45. The van der Waals surface area contributed by atoms with Gasteiger partial charge in [-0.1, -0.05) is 147 Å². The van der Waals surface area contributed by atoms with E-state index in [4.69, 9.17) is 9.47 Å². The first-order chi connectivity index (χ1) is 24.3. The number of aliphatic hydroxyl groups is 5. The topological polar surface area (TPSA) is 149 Å². The summed E-state index contributed by atoms with van der Waals surface area (Å²) in [6.45, 7) is 3.70. The number of hydrogen-bond acceptors (Lipinski definition) is 8. The van der Waals surface area contributed by atoms with E-state index in [0.717, 1.165) is 51.4 Å². The molecule has 0 aromatic rings. The molecule has 1 amide bonds. The largest absolute Gasteiger partial charge is 0.394 e. The third kappa shape index (κ3) is 23.1. The first-order valence-electron chi connectivity index (χ1n) is 20.2. The Bertz CT molecular complexity index is 879. The minimum absolute atomic E-state index is 0.194. The van der Waals surface area contributed by atoms with Crippen molar-refractivity contribution in [3.8, 4) is 0 Å². The molecule has 1 heterocycles. The minimum Gasteiger partial charge on any atom is -0.394 e. The average Bonchev–Trinajstić information content (AvgIpc) is 3.11. The molecular formula is C41H75NO8. The summed E-state index contributed by atoms with van der Waals surface area (Å²) in [4.78, 5) is 12.9. The Balaban J connectivity index is 2.48. The number of rotatable bonds is 32. The molecule has 0 saturated carbocycles. The van der Waals surface area contributed by atoms with Gasteiger partial charge in [0, 0.05) is 6.42 Å². The fourth-order valence-electron chi connectivity index (χ4n) is 6.13. The van der Waals surface area contributed by atoms with Gasteiger partial charge in [0.05, 0.1) is 25.4 Å². The van der Waals surface area contributed by atoms with Crippen LogP contribution in [0.4, 0.5) is 0 Å². The molecule has 0 spiro atoms. The quantitative estimate of drug-likeness (QED) is 0.0314. The smallest absolute Gasteiger partial charge is 0.220 e.